The first-order valence-electron chi connectivity index (χ1n) is 24.0. The predicted molar refractivity (Wildman–Crippen MR) is 250 cm³/mol. The van der Waals surface area contributed by atoms with E-state index in [4.69, 9.17) is 11.1 Å². The molecule has 2 heterocycles. The highest BCUT2D eigenvalue weighted by Gasteiger charge is 2.59. The first-order valence-corrected chi connectivity index (χ1v) is 24.0. The van der Waals surface area contributed by atoms with Crippen LogP contribution in [-0.4, -0.2) is 26.2 Å². The normalized spacial score (nSPS) is 39.0. The number of benzene rings is 2. The van der Waals surface area contributed by atoms with E-state index in [-0.39, 0.29) is 28.3 Å². The van der Waals surface area contributed by atoms with Gasteiger partial charge in [-0.25, -0.2) is 4.98 Å². The molecule has 62 heavy (non-hydrogen) atoms. The van der Waals surface area contributed by atoms with Crippen LogP contribution in [0.5, 0.6) is 0 Å². The fourth-order valence-electron chi connectivity index (χ4n) is 15.9. The van der Waals surface area contributed by atoms with Crippen molar-refractivity contribution in [3.63, 3.8) is 0 Å². The molecule has 320 valence electrons. The van der Waals surface area contributed by atoms with Crippen molar-refractivity contribution < 1.29 is 0 Å². The van der Waals surface area contributed by atoms with Crippen molar-refractivity contribution in [3.05, 3.63) is 123 Å². The van der Waals surface area contributed by atoms with Gasteiger partial charge >= 0.3 is 0 Å². The van der Waals surface area contributed by atoms with Crippen LogP contribution in [0.3, 0.4) is 0 Å². The third-order valence-electron chi connectivity index (χ3n) is 19.2. The highest BCUT2D eigenvalue weighted by molar-refractivity contribution is 5.84. The van der Waals surface area contributed by atoms with Crippen LogP contribution in [-0.2, 0) is 0 Å². The number of azide groups is 2. The number of nitrogens with zero attached hydrogens (tertiary/aromatic N) is 9. The lowest BCUT2D eigenvalue weighted by atomic mass is 9.47. The standard InChI is InChI=1S/C27H32N4.C26H31N5/c1-26-14-11-20(29-30-28)17-19(26)7-8-21-22-9-10-25(27(22,2)15-12-23(21)26)31-16-13-18-5-3-4-6-24(18)31;1-25-13-11-18(29-30-27)15-17(25)7-8-19-20-9-10-24(26(20,2)14-12-21(19)25)31-16-28-22-5-3-4-6-23(22)31/h3-7,10,13,16,20-23H,8-9,11-12,14-15,17H2,1-2H3;3-7,10,16,18-21H,8-9,11-15H2,1-2H3/t20-,21?,22?,23?,26-,27-;18-,19?,20?,21?,25-,26-/m00/s1. The Bertz CT molecular complexity index is 2480. The van der Waals surface area contributed by atoms with Gasteiger partial charge in [0.1, 0.15) is 6.33 Å². The minimum atomic E-state index is 0.156. The number of fused-ring (bicyclic) bond motifs is 12. The first-order chi connectivity index (χ1) is 30.1. The molecule has 4 saturated carbocycles. The van der Waals surface area contributed by atoms with Gasteiger partial charge in [-0.1, -0.05) is 104 Å². The minimum Gasteiger partial charge on any atom is -0.320 e. The zero-order valence-electron chi connectivity index (χ0n) is 37.2. The average Bonchev–Trinajstić information content (AvgIpc) is 4.06. The molecule has 0 saturated heterocycles. The minimum absolute atomic E-state index is 0.156. The van der Waals surface area contributed by atoms with Crippen LogP contribution >= 0.6 is 0 Å². The van der Waals surface area contributed by atoms with Crippen LogP contribution in [0, 0.1) is 57.2 Å². The molecule has 9 nitrogen and oxygen atoms in total. The zero-order valence-corrected chi connectivity index (χ0v) is 37.2. The number of aromatic nitrogens is 3. The molecule has 8 aliphatic rings. The van der Waals surface area contributed by atoms with E-state index in [1.165, 1.54) is 92.0 Å². The van der Waals surface area contributed by atoms with Gasteiger partial charge in [-0.3, -0.25) is 0 Å². The largest absolute Gasteiger partial charge is 0.320 e. The van der Waals surface area contributed by atoms with Gasteiger partial charge in [0.2, 0.25) is 0 Å². The molecule has 0 bridgehead atoms. The molecule has 6 unspecified atom stereocenters. The Morgan fingerprint density at radius 2 is 1.08 bits per heavy atom. The smallest absolute Gasteiger partial charge is 0.100 e. The van der Waals surface area contributed by atoms with Gasteiger partial charge in [-0.05, 0) is 177 Å². The van der Waals surface area contributed by atoms with Gasteiger partial charge in [-0.15, -0.1) is 0 Å². The maximum Gasteiger partial charge on any atom is 0.100 e. The van der Waals surface area contributed by atoms with Gasteiger partial charge in [0.25, 0.3) is 0 Å². The summed E-state index contributed by atoms with van der Waals surface area (Å²) in [6.45, 7) is 10.1. The second kappa shape index (κ2) is 14.8. The molecule has 0 aliphatic heterocycles. The van der Waals surface area contributed by atoms with Crippen molar-refractivity contribution in [2.75, 3.05) is 0 Å². The number of rotatable bonds is 4. The Balaban J connectivity index is 0.000000139. The van der Waals surface area contributed by atoms with Crippen LogP contribution in [0.1, 0.15) is 118 Å². The molecule has 12 rings (SSSR count). The third kappa shape index (κ3) is 5.90. The topological polar surface area (TPSA) is 120 Å². The third-order valence-corrected chi connectivity index (χ3v) is 19.2. The van der Waals surface area contributed by atoms with Crippen molar-refractivity contribution >= 4 is 33.3 Å². The van der Waals surface area contributed by atoms with Gasteiger partial charge in [0.15, 0.2) is 0 Å². The maximum absolute atomic E-state index is 8.90. The number of para-hydroxylation sites is 3. The van der Waals surface area contributed by atoms with E-state index in [1.807, 2.05) is 6.33 Å². The molecule has 0 N–H and O–H groups in total. The summed E-state index contributed by atoms with van der Waals surface area (Å²) >= 11 is 0. The Kier molecular flexibility index (Phi) is 9.52. The molecule has 9 heteroatoms. The predicted octanol–water partition coefficient (Wildman–Crippen LogP) is 14.9. The molecule has 0 spiro atoms. The lowest BCUT2D eigenvalue weighted by Crippen LogP contribution is -2.49. The molecule has 2 aromatic carbocycles. The second-order valence-electron chi connectivity index (χ2n) is 21.6. The monoisotopic (exact) mass is 826 g/mol. The van der Waals surface area contributed by atoms with E-state index in [1.54, 1.807) is 11.1 Å². The van der Waals surface area contributed by atoms with Gasteiger partial charge in [-0.2, -0.15) is 0 Å². The quantitative estimate of drug-likeness (QED) is 0.0865. The number of hydrogen-bond acceptors (Lipinski definition) is 3. The summed E-state index contributed by atoms with van der Waals surface area (Å²) in [5.41, 5.74) is 28.7. The molecule has 8 aliphatic carbocycles. The van der Waals surface area contributed by atoms with E-state index in [0.29, 0.717) is 11.3 Å². The summed E-state index contributed by atoms with van der Waals surface area (Å²) in [5.74, 6) is 4.46. The van der Waals surface area contributed by atoms with E-state index in [9.17, 15) is 0 Å². The van der Waals surface area contributed by atoms with Gasteiger partial charge < -0.3 is 9.13 Å². The summed E-state index contributed by atoms with van der Waals surface area (Å²) in [5, 5.41) is 9.46. The molecule has 12 atom stereocenters. The van der Waals surface area contributed by atoms with Gasteiger partial charge in [0.05, 0.1) is 16.6 Å². The maximum atomic E-state index is 8.90. The Morgan fingerprint density at radius 1 is 0.565 bits per heavy atom. The molecular weight excluding hydrogens is 763 g/mol. The molecule has 0 radical (unpaired) electrons. The zero-order chi connectivity index (χ0) is 42.4. The molecular formula is C53H63N9. The van der Waals surface area contributed by atoms with Crippen LogP contribution in [0.15, 0.2) is 113 Å². The van der Waals surface area contributed by atoms with Crippen LogP contribution in [0.4, 0.5) is 0 Å². The van der Waals surface area contributed by atoms with Crippen molar-refractivity contribution in [1.82, 2.24) is 14.1 Å². The fraction of sp³-hybridized carbons (Fsp3) is 0.566. The Morgan fingerprint density at radius 3 is 1.66 bits per heavy atom. The van der Waals surface area contributed by atoms with Crippen LogP contribution in [0.25, 0.3) is 54.2 Å². The molecule has 0 amide bonds. The van der Waals surface area contributed by atoms with E-state index in [2.05, 4.69) is 147 Å². The number of hydrogen-bond donors (Lipinski definition) is 0. The Labute approximate surface area is 366 Å². The summed E-state index contributed by atoms with van der Waals surface area (Å²) < 4.78 is 4.85. The Hall–Kier alpha value is -4.97. The van der Waals surface area contributed by atoms with E-state index < -0.39 is 0 Å². The molecule has 2 aromatic heterocycles. The molecule has 4 aromatic rings. The van der Waals surface area contributed by atoms with Crippen molar-refractivity contribution in [2.45, 2.75) is 130 Å². The highest BCUT2D eigenvalue weighted by atomic mass is 15.2. The van der Waals surface area contributed by atoms with E-state index >= 15 is 0 Å². The highest BCUT2D eigenvalue weighted by Crippen LogP contribution is 2.67. The number of imidazole rings is 1. The van der Waals surface area contributed by atoms with Crippen molar-refractivity contribution in [1.29, 1.82) is 0 Å². The summed E-state index contributed by atoms with van der Waals surface area (Å²) in [6, 6.07) is 19.9. The first kappa shape index (κ1) is 39.8. The van der Waals surface area contributed by atoms with Crippen LogP contribution in [0.2, 0.25) is 0 Å². The summed E-state index contributed by atoms with van der Waals surface area (Å²) in [6.07, 6.45) is 30.8. The fourth-order valence-corrected chi connectivity index (χ4v) is 15.9. The SMILES string of the molecule is C[C@]12CC[C@H](N=[N+]=[N-])CC1=CCC1C2CC[C@]2(C)C(n3ccc4ccccc43)=CCC12.C[C@]12CC[C@H](N=[N+]=[N-])CC1=CCC1C2CC[C@]2(C)C(n3cnc4ccccc43)=CCC12. The average molecular weight is 826 g/mol. The van der Waals surface area contributed by atoms with E-state index in [0.717, 1.165) is 60.8 Å². The lowest BCUT2D eigenvalue weighted by Gasteiger charge is -2.57. The van der Waals surface area contributed by atoms with Crippen LogP contribution < -0.4 is 0 Å². The van der Waals surface area contributed by atoms with Gasteiger partial charge in [0, 0.05) is 50.3 Å². The lowest BCUT2D eigenvalue weighted by molar-refractivity contribution is -0.0126. The summed E-state index contributed by atoms with van der Waals surface area (Å²) in [4.78, 5) is 10.9. The molecule has 4 fully saturated rings. The van der Waals surface area contributed by atoms with Crippen molar-refractivity contribution in [3.8, 4) is 0 Å². The number of allylic oxidation sites excluding steroid dienone is 6. The van der Waals surface area contributed by atoms with Crippen molar-refractivity contribution in [2.24, 2.45) is 67.4 Å². The summed E-state index contributed by atoms with van der Waals surface area (Å²) in [7, 11) is 0. The second-order valence-corrected chi connectivity index (χ2v) is 21.6.